The van der Waals surface area contributed by atoms with Crippen molar-refractivity contribution < 1.29 is 18.7 Å². The third-order valence-corrected chi connectivity index (χ3v) is 2.99. The van der Waals surface area contributed by atoms with Crippen molar-refractivity contribution in [2.75, 3.05) is 0 Å². The van der Waals surface area contributed by atoms with Crippen LogP contribution in [0, 0.1) is 11.6 Å². The summed E-state index contributed by atoms with van der Waals surface area (Å²) < 4.78 is 28.6. The third-order valence-electron chi connectivity index (χ3n) is 2.38. The summed E-state index contributed by atoms with van der Waals surface area (Å²) in [5.74, 6) is -2.46. The van der Waals surface area contributed by atoms with Gasteiger partial charge in [0.15, 0.2) is 0 Å². The Morgan fingerprint density at radius 1 is 1.42 bits per heavy atom. The van der Waals surface area contributed by atoms with E-state index in [1.165, 1.54) is 16.9 Å². The van der Waals surface area contributed by atoms with Crippen molar-refractivity contribution in [2.45, 2.75) is 13.0 Å². The second-order valence-corrected chi connectivity index (χ2v) is 4.65. The van der Waals surface area contributed by atoms with E-state index in [0.29, 0.717) is 0 Å². The van der Waals surface area contributed by atoms with E-state index in [-0.39, 0.29) is 28.7 Å². The van der Waals surface area contributed by atoms with E-state index in [0.717, 1.165) is 6.07 Å². The van der Waals surface area contributed by atoms with Gasteiger partial charge in [-0.2, -0.15) is 0 Å². The van der Waals surface area contributed by atoms with Gasteiger partial charge in [-0.3, -0.25) is 4.79 Å². The molecule has 2 rings (SSSR count). The summed E-state index contributed by atoms with van der Waals surface area (Å²) in [6.07, 6.45) is 1.05. The standard InChI is InChI=1S/C11H8BrF2N3O2/c12-8-1-2-9(13)7(11(8)14)5-17-4-6(15-16-17)3-10(18)19/h1-2,4H,3,5H2,(H,18,19). The van der Waals surface area contributed by atoms with Crippen LogP contribution in [-0.2, 0) is 17.8 Å². The zero-order chi connectivity index (χ0) is 14.0. The van der Waals surface area contributed by atoms with E-state index in [4.69, 9.17) is 5.11 Å². The summed E-state index contributed by atoms with van der Waals surface area (Å²) in [4.78, 5) is 10.5. The van der Waals surface area contributed by atoms with Gasteiger partial charge in [0, 0.05) is 11.8 Å². The smallest absolute Gasteiger partial charge is 0.309 e. The van der Waals surface area contributed by atoms with Gasteiger partial charge in [0.1, 0.15) is 11.6 Å². The van der Waals surface area contributed by atoms with Gasteiger partial charge in [-0.15, -0.1) is 5.10 Å². The van der Waals surface area contributed by atoms with Gasteiger partial charge in [-0.1, -0.05) is 5.21 Å². The zero-order valence-corrected chi connectivity index (χ0v) is 11.1. The fourth-order valence-corrected chi connectivity index (χ4v) is 1.90. The number of nitrogens with zero attached hydrogens (tertiary/aromatic N) is 3. The number of aliphatic carboxylic acids is 1. The fourth-order valence-electron chi connectivity index (χ4n) is 1.53. The molecular formula is C11H8BrF2N3O2. The molecule has 1 N–H and O–H groups in total. The number of aromatic nitrogens is 3. The molecule has 0 radical (unpaired) electrons. The molecule has 0 fully saturated rings. The average molecular weight is 332 g/mol. The van der Waals surface area contributed by atoms with Gasteiger partial charge in [-0.25, -0.2) is 13.5 Å². The van der Waals surface area contributed by atoms with Crippen molar-refractivity contribution in [1.29, 1.82) is 0 Å². The number of carboxylic acids is 1. The first kappa shape index (κ1) is 13.6. The van der Waals surface area contributed by atoms with E-state index in [1.54, 1.807) is 0 Å². The molecule has 0 bridgehead atoms. The SMILES string of the molecule is O=C(O)Cc1cn(Cc2c(F)ccc(Br)c2F)nn1. The third kappa shape index (κ3) is 3.14. The molecule has 0 aliphatic carbocycles. The van der Waals surface area contributed by atoms with Crippen molar-refractivity contribution in [3.05, 3.63) is 45.7 Å². The topological polar surface area (TPSA) is 68.0 Å². The summed E-state index contributed by atoms with van der Waals surface area (Å²) in [7, 11) is 0. The number of hydrogen-bond donors (Lipinski definition) is 1. The highest BCUT2D eigenvalue weighted by Crippen LogP contribution is 2.22. The molecule has 100 valence electrons. The number of benzene rings is 1. The van der Waals surface area contributed by atoms with Gasteiger partial charge in [-0.05, 0) is 28.1 Å². The van der Waals surface area contributed by atoms with Crippen LogP contribution in [0.3, 0.4) is 0 Å². The Morgan fingerprint density at radius 2 is 2.16 bits per heavy atom. The van der Waals surface area contributed by atoms with E-state index < -0.39 is 17.6 Å². The fraction of sp³-hybridized carbons (Fsp3) is 0.182. The van der Waals surface area contributed by atoms with Crippen molar-refractivity contribution in [3.63, 3.8) is 0 Å². The van der Waals surface area contributed by atoms with Gasteiger partial charge in [0.05, 0.1) is 23.1 Å². The molecule has 8 heteroatoms. The Bertz CT molecular complexity index is 630. The molecule has 2 aromatic rings. The van der Waals surface area contributed by atoms with Crippen LogP contribution in [0.2, 0.25) is 0 Å². The van der Waals surface area contributed by atoms with Gasteiger partial charge in [0.25, 0.3) is 0 Å². The summed E-state index contributed by atoms with van der Waals surface area (Å²) >= 11 is 2.97. The monoisotopic (exact) mass is 331 g/mol. The van der Waals surface area contributed by atoms with Crippen LogP contribution in [0.1, 0.15) is 11.3 Å². The highest BCUT2D eigenvalue weighted by Gasteiger charge is 2.14. The second kappa shape index (κ2) is 5.43. The first-order valence-electron chi connectivity index (χ1n) is 5.20. The lowest BCUT2D eigenvalue weighted by atomic mass is 10.2. The molecule has 0 aliphatic rings. The number of halogens is 3. The molecule has 19 heavy (non-hydrogen) atoms. The normalized spacial score (nSPS) is 10.7. The minimum atomic E-state index is -1.05. The van der Waals surface area contributed by atoms with Crippen molar-refractivity contribution >= 4 is 21.9 Å². The molecule has 1 heterocycles. The zero-order valence-electron chi connectivity index (χ0n) is 9.48. The molecule has 0 unspecified atom stereocenters. The van der Waals surface area contributed by atoms with E-state index >= 15 is 0 Å². The molecule has 0 amide bonds. The van der Waals surface area contributed by atoms with E-state index in [9.17, 15) is 13.6 Å². The first-order valence-corrected chi connectivity index (χ1v) is 6.00. The van der Waals surface area contributed by atoms with Crippen LogP contribution in [-0.4, -0.2) is 26.1 Å². The van der Waals surface area contributed by atoms with E-state index in [1.807, 2.05) is 0 Å². The molecule has 1 aromatic heterocycles. The Hall–Kier alpha value is -1.83. The summed E-state index contributed by atoms with van der Waals surface area (Å²) in [6.45, 7) is -0.163. The van der Waals surface area contributed by atoms with Crippen LogP contribution in [0.15, 0.2) is 22.8 Å². The first-order chi connectivity index (χ1) is 8.97. The lowest BCUT2D eigenvalue weighted by Gasteiger charge is -2.05. The Balaban J connectivity index is 2.24. The number of carbonyl (C=O) groups is 1. The lowest BCUT2D eigenvalue weighted by molar-refractivity contribution is -0.136. The minimum Gasteiger partial charge on any atom is -0.481 e. The number of hydrogen-bond acceptors (Lipinski definition) is 3. The van der Waals surface area contributed by atoms with Crippen LogP contribution in [0.5, 0.6) is 0 Å². The number of carboxylic acid groups (broad SMARTS) is 1. The maximum atomic E-state index is 13.7. The lowest BCUT2D eigenvalue weighted by Crippen LogP contribution is -2.06. The van der Waals surface area contributed by atoms with Gasteiger partial charge in [0.2, 0.25) is 0 Å². The molecule has 0 saturated carbocycles. The highest BCUT2D eigenvalue weighted by atomic mass is 79.9. The number of rotatable bonds is 4. The van der Waals surface area contributed by atoms with Gasteiger partial charge >= 0.3 is 5.97 Å². The Kier molecular flexibility index (Phi) is 3.89. The maximum absolute atomic E-state index is 13.7. The van der Waals surface area contributed by atoms with Gasteiger partial charge < -0.3 is 5.11 Å². The molecule has 0 aliphatic heterocycles. The Morgan fingerprint density at radius 3 is 2.84 bits per heavy atom. The summed E-state index contributed by atoms with van der Waals surface area (Å²) in [5.41, 5.74) is 0.0597. The molecular weight excluding hydrogens is 324 g/mol. The van der Waals surface area contributed by atoms with Crippen molar-refractivity contribution in [3.8, 4) is 0 Å². The molecule has 0 spiro atoms. The molecule has 5 nitrogen and oxygen atoms in total. The van der Waals surface area contributed by atoms with E-state index in [2.05, 4.69) is 26.2 Å². The highest BCUT2D eigenvalue weighted by molar-refractivity contribution is 9.10. The maximum Gasteiger partial charge on any atom is 0.309 e. The average Bonchev–Trinajstić information content (AvgIpc) is 2.76. The van der Waals surface area contributed by atoms with Crippen molar-refractivity contribution in [1.82, 2.24) is 15.0 Å². The Labute approximate surface area is 115 Å². The molecule has 0 saturated heterocycles. The molecule has 0 atom stereocenters. The van der Waals surface area contributed by atoms with Crippen LogP contribution in [0.25, 0.3) is 0 Å². The van der Waals surface area contributed by atoms with Crippen LogP contribution < -0.4 is 0 Å². The minimum absolute atomic E-state index is 0.148. The van der Waals surface area contributed by atoms with Crippen LogP contribution in [0.4, 0.5) is 8.78 Å². The van der Waals surface area contributed by atoms with Crippen LogP contribution >= 0.6 is 15.9 Å². The largest absolute Gasteiger partial charge is 0.481 e. The van der Waals surface area contributed by atoms with Crippen molar-refractivity contribution in [2.24, 2.45) is 0 Å². The quantitative estimate of drug-likeness (QED) is 0.870. The predicted octanol–water partition coefficient (Wildman–Crippen LogP) is 1.99. The predicted molar refractivity (Wildman–Crippen MR) is 64.5 cm³/mol. The second-order valence-electron chi connectivity index (χ2n) is 3.80. The molecule has 1 aromatic carbocycles. The summed E-state index contributed by atoms with van der Waals surface area (Å²) in [6, 6.07) is 2.41. The summed E-state index contributed by atoms with van der Waals surface area (Å²) in [5, 5.41) is 15.8.